The van der Waals surface area contributed by atoms with Gasteiger partial charge in [-0.1, -0.05) is 0 Å². The fourth-order valence-corrected chi connectivity index (χ4v) is 12.3. The zero-order chi connectivity index (χ0) is 25.9. The third-order valence-electron chi connectivity index (χ3n) is 6.31. The molecule has 3 aromatic carbocycles. The summed E-state index contributed by atoms with van der Waals surface area (Å²) >= 11 is 8.43. The molecule has 0 fully saturated rings. The fraction of sp³-hybridized carbons (Fsp3) is 0.286. The van der Waals surface area contributed by atoms with Gasteiger partial charge in [-0.3, -0.25) is 0 Å². The minimum atomic E-state index is -2.92. The monoisotopic (exact) mass is 588 g/mol. The van der Waals surface area contributed by atoms with Crippen LogP contribution in [-0.2, 0) is 14.3 Å². The summed E-state index contributed by atoms with van der Waals surface area (Å²) in [6.45, 7) is 0.127. The SMILES string of the molecule is N[C@@H](CS)C(=O)NCC(=O)OCCCCCP(Br)(c1ccccc1)(c1ccccc1)c1ccccc1. The van der Waals surface area contributed by atoms with E-state index in [1.54, 1.807) is 0 Å². The molecule has 0 saturated carbocycles. The number of nitrogens with two attached hydrogens (primary N) is 1. The summed E-state index contributed by atoms with van der Waals surface area (Å²) in [6.07, 6.45) is 3.54. The van der Waals surface area contributed by atoms with Crippen molar-refractivity contribution in [2.45, 2.75) is 25.3 Å². The van der Waals surface area contributed by atoms with Gasteiger partial charge in [0, 0.05) is 0 Å². The molecular weight excluding hydrogens is 555 g/mol. The number of thiol groups is 1. The van der Waals surface area contributed by atoms with E-state index in [4.69, 9.17) is 10.5 Å². The molecule has 0 radical (unpaired) electrons. The number of esters is 1. The van der Waals surface area contributed by atoms with Crippen LogP contribution < -0.4 is 27.0 Å². The van der Waals surface area contributed by atoms with Crippen molar-refractivity contribution in [3.63, 3.8) is 0 Å². The number of nitrogens with one attached hydrogen (secondary N) is 1. The summed E-state index contributed by atoms with van der Waals surface area (Å²) in [4.78, 5) is 23.6. The molecule has 0 saturated heterocycles. The molecule has 36 heavy (non-hydrogen) atoms. The molecule has 0 aliphatic carbocycles. The van der Waals surface area contributed by atoms with Crippen LogP contribution >= 0.6 is 33.4 Å². The van der Waals surface area contributed by atoms with Crippen LogP contribution in [0.4, 0.5) is 0 Å². The van der Waals surface area contributed by atoms with Gasteiger partial charge in [0.1, 0.15) is 0 Å². The first-order chi connectivity index (χ1) is 17.4. The number of hydrogen-bond acceptors (Lipinski definition) is 5. The van der Waals surface area contributed by atoms with Crippen molar-refractivity contribution in [1.82, 2.24) is 5.32 Å². The minimum absolute atomic E-state index is 0.186. The quantitative estimate of drug-likeness (QED) is 0.122. The Hall–Kier alpha value is -2.18. The number of unbranched alkanes of at least 4 members (excludes halogenated alkanes) is 2. The van der Waals surface area contributed by atoms with Crippen LogP contribution in [0.15, 0.2) is 91.0 Å². The molecular formula is C28H34BrN2O3PS. The van der Waals surface area contributed by atoms with Crippen LogP contribution in [0.1, 0.15) is 19.3 Å². The van der Waals surface area contributed by atoms with Crippen LogP contribution in [0, 0.1) is 0 Å². The summed E-state index contributed by atoms with van der Waals surface area (Å²) < 4.78 is 5.30. The van der Waals surface area contributed by atoms with Gasteiger partial charge in [0.2, 0.25) is 0 Å². The van der Waals surface area contributed by atoms with Crippen LogP contribution in [0.5, 0.6) is 0 Å². The van der Waals surface area contributed by atoms with Crippen LogP contribution in [0.3, 0.4) is 0 Å². The van der Waals surface area contributed by atoms with E-state index in [9.17, 15) is 9.59 Å². The Labute approximate surface area is 227 Å². The molecule has 5 nitrogen and oxygen atoms in total. The van der Waals surface area contributed by atoms with Gasteiger partial charge in [0.25, 0.3) is 0 Å². The Bertz CT molecular complexity index is 1020. The summed E-state index contributed by atoms with van der Waals surface area (Å²) in [7, 11) is 0. The maximum atomic E-state index is 12.0. The van der Waals surface area contributed by atoms with E-state index < -0.39 is 23.2 Å². The van der Waals surface area contributed by atoms with E-state index in [1.807, 2.05) is 0 Å². The van der Waals surface area contributed by atoms with E-state index in [0.717, 1.165) is 25.4 Å². The molecule has 3 rings (SSSR count). The molecule has 1 atom stereocenters. The molecule has 0 heterocycles. The number of benzene rings is 3. The Morgan fingerprint density at radius 2 is 1.31 bits per heavy atom. The van der Waals surface area contributed by atoms with E-state index in [2.05, 4.69) is 124 Å². The second-order valence-corrected chi connectivity index (χ2v) is 18.1. The van der Waals surface area contributed by atoms with Gasteiger partial charge in [-0.15, -0.1) is 0 Å². The van der Waals surface area contributed by atoms with Crippen molar-refractivity contribution < 1.29 is 14.3 Å². The van der Waals surface area contributed by atoms with Crippen molar-refractivity contribution in [2.24, 2.45) is 5.73 Å². The Morgan fingerprint density at radius 3 is 1.75 bits per heavy atom. The summed E-state index contributed by atoms with van der Waals surface area (Å²) in [5, 5.41) is 3.44. The van der Waals surface area contributed by atoms with Gasteiger partial charge < -0.3 is 0 Å². The molecule has 0 aliphatic rings. The molecule has 0 unspecified atom stereocenters. The molecule has 3 N–H and O–H groups in total. The molecule has 0 spiro atoms. The number of amides is 1. The zero-order valence-corrected chi connectivity index (χ0v) is 23.6. The second kappa shape index (κ2) is 13.4. The number of carbonyl (C=O) groups is 2. The van der Waals surface area contributed by atoms with E-state index >= 15 is 0 Å². The van der Waals surface area contributed by atoms with Gasteiger partial charge in [-0.25, -0.2) is 0 Å². The van der Waals surface area contributed by atoms with Crippen molar-refractivity contribution in [1.29, 1.82) is 0 Å². The third-order valence-corrected chi connectivity index (χ3v) is 16.7. The summed E-state index contributed by atoms with van der Waals surface area (Å²) in [5.74, 6) is -0.657. The topological polar surface area (TPSA) is 81.4 Å². The Morgan fingerprint density at radius 1 is 0.833 bits per heavy atom. The average Bonchev–Trinajstić information content (AvgIpc) is 2.94. The number of carbonyl (C=O) groups excluding carboxylic acids is 2. The first-order valence-corrected chi connectivity index (χ1v) is 17.2. The normalized spacial score (nSPS) is 13.2. The van der Waals surface area contributed by atoms with Crippen molar-refractivity contribution >= 4 is 61.2 Å². The van der Waals surface area contributed by atoms with Crippen LogP contribution in [-0.4, -0.2) is 43.0 Å². The Kier molecular flexibility index (Phi) is 10.6. The average molecular weight is 590 g/mol. The number of halogens is 1. The molecule has 0 aliphatic heterocycles. The summed E-state index contributed by atoms with van der Waals surface area (Å²) in [6, 6.07) is 31.4. The molecule has 8 heteroatoms. The third kappa shape index (κ3) is 6.57. The predicted octanol–water partition coefficient (Wildman–Crippen LogP) is 3.91. The van der Waals surface area contributed by atoms with Gasteiger partial charge >= 0.3 is 215 Å². The first kappa shape index (κ1) is 28.4. The predicted molar refractivity (Wildman–Crippen MR) is 159 cm³/mol. The standard InChI is InChI=1S/C28H34BrN2O3PS/c29-35(23-13-5-1-6-14-23,24-15-7-2-8-16-24,25-17-9-3-10-18-25)20-12-4-11-19-34-27(32)21-31-28(33)26(30)22-36/h1-3,5-10,13-18,26,36H,4,11-12,19-22,30H2,(H,31,33)/t26-/m0/s1. The van der Waals surface area contributed by atoms with Gasteiger partial charge in [0.05, 0.1) is 0 Å². The number of rotatable bonds is 13. The number of ether oxygens (including phenoxy) is 1. The van der Waals surface area contributed by atoms with Crippen LogP contribution in [0.25, 0.3) is 0 Å². The van der Waals surface area contributed by atoms with Crippen molar-refractivity contribution in [2.75, 3.05) is 25.1 Å². The number of hydrogen-bond donors (Lipinski definition) is 3. The first-order valence-electron chi connectivity index (χ1n) is 12.1. The van der Waals surface area contributed by atoms with Gasteiger partial charge in [0.15, 0.2) is 0 Å². The molecule has 1 amide bonds. The van der Waals surface area contributed by atoms with E-state index in [0.29, 0.717) is 6.61 Å². The van der Waals surface area contributed by atoms with E-state index in [1.165, 1.54) is 15.9 Å². The molecule has 3 aromatic rings. The van der Waals surface area contributed by atoms with Crippen molar-refractivity contribution in [3.05, 3.63) is 91.0 Å². The second-order valence-electron chi connectivity index (χ2n) is 8.70. The van der Waals surface area contributed by atoms with Gasteiger partial charge in [-0.05, 0) is 0 Å². The fourth-order valence-electron chi connectivity index (χ4n) is 4.35. The van der Waals surface area contributed by atoms with E-state index in [-0.39, 0.29) is 12.3 Å². The van der Waals surface area contributed by atoms with Crippen LogP contribution in [0.2, 0.25) is 0 Å². The van der Waals surface area contributed by atoms with Crippen molar-refractivity contribution in [3.8, 4) is 0 Å². The zero-order valence-electron chi connectivity index (χ0n) is 20.3. The molecule has 0 bridgehead atoms. The summed E-state index contributed by atoms with van der Waals surface area (Å²) in [5.41, 5.74) is 5.59. The Balaban J connectivity index is 1.69. The molecule has 0 aromatic heterocycles. The van der Waals surface area contributed by atoms with Gasteiger partial charge in [-0.2, -0.15) is 12.6 Å². The maximum absolute atomic E-state index is 12.0. The molecule has 192 valence electrons.